The fraction of sp³-hybridized carbons (Fsp3) is 0.500. The summed E-state index contributed by atoms with van der Waals surface area (Å²) in [6.45, 7) is -0.627. The van der Waals surface area contributed by atoms with Crippen LogP contribution in [0.3, 0.4) is 0 Å². The first-order chi connectivity index (χ1) is 15.4. The van der Waals surface area contributed by atoms with Crippen molar-refractivity contribution in [2.45, 2.75) is 37.8 Å². The molecule has 0 radical (unpaired) electrons. The molecule has 1 aliphatic heterocycles. The number of hydrogen-bond donors (Lipinski definition) is 3. The predicted octanol–water partition coefficient (Wildman–Crippen LogP) is 0.783. The van der Waals surface area contributed by atoms with Gasteiger partial charge in [0.2, 0.25) is 5.91 Å². The van der Waals surface area contributed by atoms with Gasteiger partial charge < -0.3 is 25.3 Å². The normalized spacial score (nSPS) is 17.2. The molecule has 3 N–H and O–H groups in total. The van der Waals surface area contributed by atoms with E-state index in [0.29, 0.717) is 5.56 Å². The Kier molecular flexibility index (Phi) is 8.93. The second-order valence-electron chi connectivity index (χ2n) is 7.06. The van der Waals surface area contributed by atoms with Crippen molar-refractivity contribution in [1.82, 2.24) is 15.7 Å². The quantitative estimate of drug-likeness (QED) is 0.344. The number of aliphatic hydroxyl groups excluding tert-OH is 1. The molecule has 1 saturated heterocycles. The van der Waals surface area contributed by atoms with E-state index in [2.05, 4.69) is 15.5 Å². The van der Waals surface area contributed by atoms with Gasteiger partial charge in [-0.05, 0) is 24.1 Å². The van der Waals surface area contributed by atoms with Crippen molar-refractivity contribution in [3.8, 4) is 0 Å². The monoisotopic (exact) mass is 478 g/mol. The maximum atomic E-state index is 12.2. The highest BCUT2D eigenvalue weighted by Gasteiger charge is 2.43. The van der Waals surface area contributed by atoms with Gasteiger partial charge >= 0.3 is 18.2 Å². The third-order valence-electron chi connectivity index (χ3n) is 4.38. The molecule has 1 aromatic carbocycles. The van der Waals surface area contributed by atoms with Crippen molar-refractivity contribution in [2.75, 3.05) is 19.6 Å². The minimum atomic E-state index is -5.12. The summed E-state index contributed by atoms with van der Waals surface area (Å²) >= 11 is 0. The van der Waals surface area contributed by atoms with Gasteiger partial charge in [0, 0.05) is 31.3 Å². The molecule has 1 aromatic rings. The summed E-state index contributed by atoms with van der Waals surface area (Å²) in [6, 6.07) is 4.76. The number of alkyl carbamates (subject to hydrolysis) is 1. The lowest BCUT2D eigenvalue weighted by Gasteiger charge is -2.17. The summed E-state index contributed by atoms with van der Waals surface area (Å²) in [5, 5.41) is 26.0. The predicted molar refractivity (Wildman–Crippen MR) is 102 cm³/mol. The third kappa shape index (κ3) is 8.89. The molecule has 1 aliphatic rings. The van der Waals surface area contributed by atoms with E-state index in [1.807, 2.05) is 0 Å². The molecule has 1 fully saturated rings. The van der Waals surface area contributed by atoms with Crippen molar-refractivity contribution < 1.29 is 47.2 Å². The number of hydrogen-bond acceptors (Lipinski definition) is 9. The average Bonchev–Trinajstić information content (AvgIpc) is 3.16. The fourth-order valence-electron chi connectivity index (χ4n) is 2.79. The smallest absolute Gasteiger partial charge is 0.445 e. The van der Waals surface area contributed by atoms with Gasteiger partial charge in [0.15, 0.2) is 0 Å². The minimum Gasteiger partial charge on any atom is -0.445 e. The zero-order valence-corrected chi connectivity index (χ0v) is 17.0. The molecule has 2 atom stereocenters. The van der Waals surface area contributed by atoms with Crippen LogP contribution in [-0.4, -0.2) is 71.0 Å². The number of aliphatic hydroxyl groups is 1. The summed E-state index contributed by atoms with van der Waals surface area (Å²) < 4.78 is 41.5. The largest absolute Gasteiger partial charge is 0.492 e. The van der Waals surface area contributed by atoms with Crippen LogP contribution in [0.4, 0.5) is 23.7 Å². The van der Waals surface area contributed by atoms with E-state index in [1.54, 1.807) is 0 Å². The number of halogens is 3. The SMILES string of the molecule is O=C(C[C@H](O)CNC(=O)OCc1ccc([N+](=O)[O-])cc1)N[C@H]1CCN(OC(=O)C(F)(F)F)C1. The highest BCUT2D eigenvalue weighted by molar-refractivity contribution is 5.77. The number of amides is 2. The number of hydroxylamine groups is 2. The van der Waals surface area contributed by atoms with Crippen molar-refractivity contribution in [2.24, 2.45) is 0 Å². The summed E-state index contributed by atoms with van der Waals surface area (Å²) in [7, 11) is 0. The van der Waals surface area contributed by atoms with Crippen LogP contribution in [0.1, 0.15) is 18.4 Å². The Hall–Kier alpha value is -3.46. The summed E-state index contributed by atoms with van der Waals surface area (Å²) in [4.78, 5) is 48.6. The zero-order chi connectivity index (χ0) is 24.6. The molecule has 2 amide bonds. The summed E-state index contributed by atoms with van der Waals surface area (Å²) in [5.41, 5.74) is 0.388. The number of non-ortho nitro benzene ring substituents is 1. The molecule has 0 unspecified atom stereocenters. The number of nitrogens with one attached hydrogen (secondary N) is 2. The topological polar surface area (TPSA) is 160 Å². The van der Waals surface area contributed by atoms with Gasteiger partial charge in [0.1, 0.15) is 6.61 Å². The Morgan fingerprint density at radius 1 is 1.27 bits per heavy atom. The van der Waals surface area contributed by atoms with E-state index < -0.39 is 47.6 Å². The Balaban J connectivity index is 1.63. The van der Waals surface area contributed by atoms with Crippen LogP contribution in [0, 0.1) is 10.1 Å². The molecule has 0 aromatic heterocycles. The maximum Gasteiger partial charge on any atom is 0.492 e. The molecule has 0 spiro atoms. The molecular weight excluding hydrogens is 457 g/mol. The Bertz CT molecular complexity index is 865. The molecule has 2 rings (SSSR count). The standard InChI is InChI=1S/C18H21F3N4O8/c19-18(20,21)16(28)33-24-6-5-12(9-24)23-15(27)7-14(26)8-22-17(29)32-10-11-1-3-13(4-2-11)25(30)31/h1-4,12,14,26H,5-10H2,(H,22,29)(H,23,27)/t12-,14-/m0/s1. The molecule has 0 bridgehead atoms. The molecule has 182 valence electrons. The number of rotatable bonds is 9. The molecule has 0 saturated carbocycles. The van der Waals surface area contributed by atoms with Gasteiger partial charge in [-0.25, -0.2) is 9.59 Å². The van der Waals surface area contributed by atoms with Gasteiger partial charge in [-0.2, -0.15) is 13.2 Å². The van der Waals surface area contributed by atoms with E-state index in [9.17, 15) is 42.8 Å². The highest BCUT2D eigenvalue weighted by Crippen LogP contribution is 2.19. The number of nitro groups is 1. The van der Waals surface area contributed by atoms with Gasteiger partial charge in [-0.1, -0.05) is 0 Å². The molecule has 12 nitrogen and oxygen atoms in total. The van der Waals surface area contributed by atoms with Crippen molar-refractivity contribution >= 4 is 23.7 Å². The molecule has 15 heteroatoms. The second-order valence-corrected chi connectivity index (χ2v) is 7.06. The summed E-state index contributed by atoms with van der Waals surface area (Å²) in [5.74, 6) is -2.96. The van der Waals surface area contributed by atoms with Crippen LogP contribution >= 0.6 is 0 Å². The Labute approximate surface area is 184 Å². The second kappa shape index (κ2) is 11.4. The first kappa shape index (κ1) is 25.8. The Morgan fingerprint density at radius 3 is 2.55 bits per heavy atom. The van der Waals surface area contributed by atoms with Crippen molar-refractivity contribution in [3.05, 3.63) is 39.9 Å². The highest BCUT2D eigenvalue weighted by atomic mass is 19.4. The van der Waals surface area contributed by atoms with Gasteiger partial charge in [-0.15, -0.1) is 5.06 Å². The van der Waals surface area contributed by atoms with Crippen molar-refractivity contribution in [3.63, 3.8) is 0 Å². The number of nitro benzene ring substituents is 1. The van der Waals surface area contributed by atoms with Crippen LogP contribution in [0.25, 0.3) is 0 Å². The molecular formula is C18H21F3N4O8. The van der Waals surface area contributed by atoms with Gasteiger partial charge in [-0.3, -0.25) is 14.9 Å². The van der Waals surface area contributed by atoms with E-state index in [1.165, 1.54) is 24.3 Å². The number of carbonyl (C=O) groups is 3. The van der Waals surface area contributed by atoms with E-state index in [4.69, 9.17) is 4.74 Å². The van der Waals surface area contributed by atoms with E-state index in [-0.39, 0.29) is 38.3 Å². The number of alkyl halides is 3. The van der Waals surface area contributed by atoms with Crippen LogP contribution in [0.2, 0.25) is 0 Å². The number of ether oxygens (including phenoxy) is 1. The lowest BCUT2D eigenvalue weighted by atomic mass is 10.2. The lowest BCUT2D eigenvalue weighted by molar-refractivity contribution is -0.384. The van der Waals surface area contributed by atoms with Crippen LogP contribution < -0.4 is 10.6 Å². The van der Waals surface area contributed by atoms with Crippen molar-refractivity contribution in [1.29, 1.82) is 0 Å². The molecule has 0 aliphatic carbocycles. The van der Waals surface area contributed by atoms with Crippen LogP contribution in [0.5, 0.6) is 0 Å². The number of carbonyl (C=O) groups excluding carboxylic acids is 3. The molecule has 1 heterocycles. The van der Waals surface area contributed by atoms with E-state index in [0.717, 1.165) is 5.06 Å². The fourth-order valence-corrected chi connectivity index (χ4v) is 2.79. The lowest BCUT2D eigenvalue weighted by Crippen LogP contribution is -2.41. The first-order valence-electron chi connectivity index (χ1n) is 9.59. The van der Waals surface area contributed by atoms with E-state index >= 15 is 0 Å². The minimum absolute atomic E-state index is 0.00250. The third-order valence-corrected chi connectivity index (χ3v) is 4.38. The number of nitrogens with zero attached hydrogens (tertiary/aromatic N) is 2. The van der Waals surface area contributed by atoms with Crippen LogP contribution in [-0.2, 0) is 25.8 Å². The summed E-state index contributed by atoms with van der Waals surface area (Å²) in [6.07, 6.45) is -7.44. The average molecular weight is 478 g/mol. The van der Waals surface area contributed by atoms with Gasteiger partial charge in [0.25, 0.3) is 5.69 Å². The van der Waals surface area contributed by atoms with Crippen LogP contribution in [0.15, 0.2) is 24.3 Å². The first-order valence-corrected chi connectivity index (χ1v) is 9.59. The Morgan fingerprint density at radius 2 is 1.94 bits per heavy atom. The zero-order valence-electron chi connectivity index (χ0n) is 17.0. The number of benzene rings is 1. The maximum absolute atomic E-state index is 12.2. The molecule has 33 heavy (non-hydrogen) atoms. The van der Waals surface area contributed by atoms with Gasteiger partial charge in [0.05, 0.1) is 24.0 Å².